The maximum atomic E-state index is 14.5. The van der Waals surface area contributed by atoms with Crippen LogP contribution < -0.4 is 21.3 Å². The number of hydrogen-bond acceptors (Lipinski definition) is 13. The van der Waals surface area contributed by atoms with Crippen molar-refractivity contribution in [1.29, 1.82) is 0 Å². The van der Waals surface area contributed by atoms with Crippen molar-refractivity contribution in [1.82, 2.24) is 55.6 Å². The highest BCUT2D eigenvalue weighted by molar-refractivity contribution is 5.97. The number of likely N-dealkylation sites (N-methyl/N-ethyl adjacent to an activating group) is 8. The van der Waals surface area contributed by atoms with E-state index in [-0.39, 0.29) is 60.5 Å². The van der Waals surface area contributed by atoms with Crippen molar-refractivity contribution in [3.63, 3.8) is 0 Å². The number of aldehydes is 1. The number of nitrogens with one attached hydrogen (secondary N) is 4. The summed E-state index contributed by atoms with van der Waals surface area (Å²) >= 11 is 0. The fraction of sp³-hybridized carbons (Fsp3) is 0.780. The van der Waals surface area contributed by atoms with Crippen LogP contribution in [0.1, 0.15) is 136 Å². The zero-order chi connectivity index (χ0) is 64.0. The molecule has 0 fully saturated rings. The van der Waals surface area contributed by atoms with E-state index < -0.39 is 133 Å². The van der Waals surface area contributed by atoms with Crippen LogP contribution in [0.15, 0.2) is 12.3 Å². The minimum absolute atomic E-state index is 0.0540. The molecule has 4 N–H and O–H groups in total. The number of carbonyl (C=O) groups is 11. The second kappa shape index (κ2) is 35.8. The molecular weight excluding hydrogens is 1050 g/mol. The predicted molar refractivity (Wildman–Crippen MR) is 317 cm³/mol. The Morgan fingerprint density at radius 2 is 0.976 bits per heavy atom. The normalized spacial score (nSPS) is 15.1. The zero-order valence-electron chi connectivity index (χ0n) is 54.1. The smallest absolute Gasteiger partial charge is 0.247 e. The van der Waals surface area contributed by atoms with Crippen molar-refractivity contribution in [2.45, 2.75) is 190 Å². The van der Waals surface area contributed by atoms with Gasteiger partial charge in [-0.05, 0) is 95.4 Å². The number of allylic oxidation sites excluding steroid dienone is 1. The fourth-order valence-electron chi connectivity index (χ4n) is 9.22. The minimum atomic E-state index is -1.38. The molecule has 10 amide bonds. The van der Waals surface area contributed by atoms with Crippen LogP contribution in [0, 0.1) is 35.5 Å². The van der Waals surface area contributed by atoms with E-state index in [4.69, 9.17) is 4.74 Å². The Morgan fingerprint density at radius 3 is 1.43 bits per heavy atom. The van der Waals surface area contributed by atoms with Crippen molar-refractivity contribution >= 4 is 65.4 Å². The van der Waals surface area contributed by atoms with E-state index in [0.29, 0.717) is 19.1 Å². The molecule has 10 atom stereocenters. The SMILES string of the molecule is C=C(C)O[C@@H](C(C(=O)NCC(=O)N(C)CC(=O)N(C)[C@@H](CC(C)C)C(=O)NC(C(=O)N(C)[C@H](C=O)CC(C)C)C(C)C)N(C)C(=O)CN(C)C(=O)[C@H](CC(C)C)N(C)C(=O)[C@H](CC(C)C)N(C)C(=O)[C@@H](C)NC(=O)[C@H](C)NC)[C@H](C)CC. The Labute approximate surface area is 491 Å². The van der Waals surface area contributed by atoms with Crippen LogP contribution in [0.3, 0.4) is 0 Å². The lowest BCUT2D eigenvalue weighted by atomic mass is 9.93. The summed E-state index contributed by atoms with van der Waals surface area (Å²) in [6, 6.07) is -7.73. The first kappa shape index (κ1) is 75.9. The highest BCUT2D eigenvalue weighted by Gasteiger charge is 2.42. The first-order chi connectivity index (χ1) is 37.8. The molecule has 0 radical (unpaired) electrons. The van der Waals surface area contributed by atoms with E-state index in [1.54, 1.807) is 34.7 Å². The first-order valence-electron chi connectivity index (χ1n) is 29.0. The van der Waals surface area contributed by atoms with Gasteiger partial charge in [-0.15, -0.1) is 0 Å². The first-order valence-corrected chi connectivity index (χ1v) is 29.0. The number of rotatable bonds is 36. The Kier molecular flexibility index (Phi) is 33.1. The molecule has 23 nitrogen and oxygen atoms in total. The molecule has 0 rings (SSSR count). The van der Waals surface area contributed by atoms with E-state index in [1.807, 2.05) is 69.2 Å². The number of hydrogen-bond donors (Lipinski definition) is 4. The van der Waals surface area contributed by atoms with E-state index in [1.165, 1.54) is 80.8 Å². The molecule has 0 spiro atoms. The van der Waals surface area contributed by atoms with Crippen LogP contribution in [0.25, 0.3) is 0 Å². The van der Waals surface area contributed by atoms with Gasteiger partial charge in [0.15, 0.2) is 0 Å². The topological polar surface area (TPSA) is 268 Å². The monoisotopic (exact) mass is 1160 g/mol. The molecular formula is C59H107N11O12. The summed E-state index contributed by atoms with van der Waals surface area (Å²) in [5.41, 5.74) is 0. The predicted octanol–water partition coefficient (Wildman–Crippen LogP) is 2.76. The Bertz CT molecular complexity index is 2170. The molecule has 0 aliphatic carbocycles. The molecule has 0 aliphatic rings. The summed E-state index contributed by atoms with van der Waals surface area (Å²) in [4.78, 5) is 160. The lowest BCUT2D eigenvalue weighted by Gasteiger charge is -2.39. The molecule has 0 heterocycles. The number of nitrogens with zero attached hydrogens (tertiary/aromatic N) is 7. The molecule has 0 aromatic heterocycles. The Hall–Kier alpha value is -6.13. The fourth-order valence-corrected chi connectivity index (χ4v) is 9.22. The van der Waals surface area contributed by atoms with E-state index in [9.17, 15) is 52.7 Å². The lowest BCUT2D eigenvalue weighted by molar-refractivity contribution is -0.153. The maximum absolute atomic E-state index is 14.5. The largest absolute Gasteiger partial charge is 0.493 e. The molecule has 23 heteroatoms. The quantitative estimate of drug-likeness (QED) is 0.0520. The van der Waals surface area contributed by atoms with Gasteiger partial charge in [0.25, 0.3) is 0 Å². The maximum Gasteiger partial charge on any atom is 0.247 e. The molecule has 0 saturated carbocycles. The highest BCUT2D eigenvalue weighted by atomic mass is 16.5. The van der Waals surface area contributed by atoms with Gasteiger partial charge in [-0.2, -0.15) is 0 Å². The van der Waals surface area contributed by atoms with Gasteiger partial charge in [-0.25, -0.2) is 0 Å². The summed E-state index contributed by atoms with van der Waals surface area (Å²) < 4.78 is 6.14. The third kappa shape index (κ3) is 23.6. The van der Waals surface area contributed by atoms with Gasteiger partial charge < -0.3 is 65.1 Å². The summed E-state index contributed by atoms with van der Waals surface area (Å²) in [5, 5.41) is 11.0. The van der Waals surface area contributed by atoms with Gasteiger partial charge in [-0.3, -0.25) is 47.9 Å². The van der Waals surface area contributed by atoms with Gasteiger partial charge in [0.1, 0.15) is 48.6 Å². The van der Waals surface area contributed by atoms with Crippen LogP contribution in [0.4, 0.5) is 0 Å². The molecule has 0 aromatic rings. The number of amides is 10. The summed E-state index contributed by atoms with van der Waals surface area (Å²) in [7, 11) is 11.7. The van der Waals surface area contributed by atoms with Gasteiger partial charge in [-0.1, -0.05) is 89.7 Å². The van der Waals surface area contributed by atoms with Crippen LogP contribution in [-0.4, -0.2) is 230 Å². The number of carbonyl (C=O) groups excluding carboxylic acids is 11. The van der Waals surface area contributed by atoms with Gasteiger partial charge in [0, 0.05) is 49.3 Å². The Morgan fingerprint density at radius 1 is 0.512 bits per heavy atom. The van der Waals surface area contributed by atoms with E-state index in [2.05, 4.69) is 27.8 Å². The van der Waals surface area contributed by atoms with Crippen molar-refractivity contribution in [3.8, 4) is 0 Å². The van der Waals surface area contributed by atoms with Gasteiger partial charge in [0.05, 0.1) is 37.5 Å². The molecule has 82 heavy (non-hydrogen) atoms. The zero-order valence-corrected chi connectivity index (χ0v) is 54.1. The summed E-state index contributed by atoms with van der Waals surface area (Å²) in [5.74, 6) is -6.31. The second-order valence-corrected chi connectivity index (χ2v) is 24.4. The molecule has 0 bridgehead atoms. The molecule has 0 aliphatic heterocycles. The summed E-state index contributed by atoms with van der Waals surface area (Å²) in [6.45, 7) is 29.5. The standard InChI is InChI=1S/C59H107N11O12/c1-25-40(14)52(82-39(12)13)51(55(77)61-30-47(72)64(18)31-48(73)67(21)44(27-35(4)5)54(76)63-50(38(10)11)59(81)66(20)43(33-71)26-34(2)3)70(24)49(74)32-65(19)57(79)45(28-36(6)7)69(23)58(80)46(29-37(8)9)68(22)56(78)42(16)62-53(75)41(15)60-17/h33-38,40-46,50-52,60H,12,25-32H2,1-11,13-24H3,(H,61,77)(H,62,75)(H,63,76)/t40-,41+,42-,43+,44+,45+,46+,50?,51?,52-/m1/s1. The van der Waals surface area contributed by atoms with Crippen LogP contribution in [0.5, 0.6) is 0 Å². The van der Waals surface area contributed by atoms with Crippen LogP contribution >= 0.6 is 0 Å². The van der Waals surface area contributed by atoms with E-state index >= 15 is 0 Å². The average Bonchev–Trinajstić information content (AvgIpc) is 3.39. The van der Waals surface area contributed by atoms with Crippen molar-refractivity contribution < 1.29 is 57.5 Å². The molecule has 470 valence electrons. The third-order valence-electron chi connectivity index (χ3n) is 14.8. The second-order valence-electron chi connectivity index (χ2n) is 24.4. The molecule has 0 aromatic carbocycles. The summed E-state index contributed by atoms with van der Waals surface area (Å²) in [6.07, 6.45) is 1.33. The minimum Gasteiger partial charge on any atom is -0.493 e. The number of ether oxygens (including phenoxy) is 1. The highest BCUT2D eigenvalue weighted by Crippen LogP contribution is 2.24. The van der Waals surface area contributed by atoms with E-state index in [0.717, 1.165) is 9.80 Å². The van der Waals surface area contributed by atoms with Crippen molar-refractivity contribution in [2.75, 3.05) is 76.0 Å². The molecule has 2 unspecified atom stereocenters. The Balaban J connectivity index is 6.72. The van der Waals surface area contributed by atoms with Crippen LogP contribution in [-0.2, 0) is 57.5 Å². The van der Waals surface area contributed by atoms with Crippen LogP contribution in [0.2, 0.25) is 0 Å². The van der Waals surface area contributed by atoms with Gasteiger partial charge in [0.2, 0.25) is 59.1 Å². The third-order valence-corrected chi connectivity index (χ3v) is 14.8. The average molecular weight is 1160 g/mol. The van der Waals surface area contributed by atoms with Crippen molar-refractivity contribution in [2.24, 2.45) is 35.5 Å². The van der Waals surface area contributed by atoms with Crippen molar-refractivity contribution in [3.05, 3.63) is 12.3 Å². The van der Waals surface area contributed by atoms with Gasteiger partial charge >= 0.3 is 0 Å². The molecule has 0 saturated heterocycles. The lowest BCUT2D eigenvalue weighted by Crippen LogP contribution is -2.60.